The zero-order valence-electron chi connectivity index (χ0n) is 15.1. The van der Waals surface area contributed by atoms with Gasteiger partial charge in [-0.2, -0.15) is 0 Å². The van der Waals surface area contributed by atoms with E-state index in [0.717, 1.165) is 12.1 Å². The number of aromatic carboxylic acids is 1. The molecule has 0 radical (unpaired) electrons. The third-order valence-electron chi connectivity index (χ3n) is 4.78. The van der Waals surface area contributed by atoms with Gasteiger partial charge < -0.3 is 24.3 Å². The summed E-state index contributed by atoms with van der Waals surface area (Å²) in [5.41, 5.74) is 1.07. The molecule has 1 aliphatic heterocycles. The van der Waals surface area contributed by atoms with Gasteiger partial charge in [-0.05, 0) is 24.3 Å². The number of rotatable bonds is 5. The molecule has 1 unspecified atom stereocenters. The van der Waals surface area contributed by atoms with Crippen LogP contribution in [0.15, 0.2) is 42.5 Å². The van der Waals surface area contributed by atoms with Gasteiger partial charge in [-0.3, -0.25) is 4.79 Å². The number of benzene rings is 2. The predicted molar refractivity (Wildman–Crippen MR) is 97.4 cm³/mol. The number of halogens is 3. The van der Waals surface area contributed by atoms with Crippen molar-refractivity contribution in [2.45, 2.75) is 18.7 Å². The minimum absolute atomic E-state index is 0.114. The Hall–Kier alpha value is -3.69. The van der Waals surface area contributed by atoms with Crippen molar-refractivity contribution in [1.82, 2.24) is 4.57 Å². The summed E-state index contributed by atoms with van der Waals surface area (Å²) in [5.74, 6) is -2.65. The molecule has 156 valence electrons. The normalized spacial score (nSPS) is 15.6. The van der Waals surface area contributed by atoms with E-state index in [1.807, 2.05) is 0 Å². The van der Waals surface area contributed by atoms with Crippen molar-refractivity contribution >= 4 is 22.8 Å². The molecule has 0 bridgehead atoms. The average molecular weight is 421 g/mol. The van der Waals surface area contributed by atoms with Gasteiger partial charge in [0.25, 0.3) is 0 Å². The van der Waals surface area contributed by atoms with Crippen LogP contribution in [0.1, 0.15) is 28.4 Å². The van der Waals surface area contributed by atoms with Crippen LogP contribution in [0.3, 0.4) is 0 Å². The van der Waals surface area contributed by atoms with Crippen molar-refractivity contribution in [2.75, 3.05) is 6.61 Å². The Kier molecular flexibility index (Phi) is 4.56. The van der Waals surface area contributed by atoms with E-state index < -0.39 is 24.1 Å². The first-order chi connectivity index (χ1) is 14.1. The quantitative estimate of drug-likeness (QED) is 0.642. The number of hydrogen-bond acceptors (Lipinski definition) is 4. The summed E-state index contributed by atoms with van der Waals surface area (Å²) in [6, 6.07) is 9.65. The van der Waals surface area contributed by atoms with E-state index in [1.165, 1.54) is 16.7 Å². The first-order valence-corrected chi connectivity index (χ1v) is 8.76. The zero-order valence-corrected chi connectivity index (χ0v) is 15.1. The molecule has 30 heavy (non-hydrogen) atoms. The van der Waals surface area contributed by atoms with E-state index in [0.29, 0.717) is 22.4 Å². The lowest BCUT2D eigenvalue weighted by atomic mass is 9.98. The average Bonchev–Trinajstić information content (AvgIpc) is 3.20. The van der Waals surface area contributed by atoms with Crippen molar-refractivity contribution in [3.8, 4) is 17.2 Å². The number of aromatic nitrogens is 1. The molecule has 0 amide bonds. The fourth-order valence-electron chi connectivity index (χ4n) is 3.60. The number of alkyl halides is 3. The van der Waals surface area contributed by atoms with E-state index in [2.05, 4.69) is 4.74 Å². The molecule has 1 atom stereocenters. The summed E-state index contributed by atoms with van der Waals surface area (Å²) in [5, 5.41) is 19.0. The molecule has 0 aliphatic carbocycles. The lowest BCUT2D eigenvalue weighted by Gasteiger charge is -2.12. The second kappa shape index (κ2) is 6.97. The Morgan fingerprint density at radius 1 is 1.13 bits per heavy atom. The SMILES string of the molecule is O=C(O)CC1COc2cc(-n3c(C(=O)O)cc4ccc(OC(F)(F)F)cc43)ccc21. The number of carboxylic acid groups (broad SMARTS) is 2. The highest BCUT2D eigenvalue weighted by Gasteiger charge is 2.32. The molecule has 2 aromatic carbocycles. The summed E-state index contributed by atoms with van der Waals surface area (Å²) in [4.78, 5) is 22.8. The number of aliphatic carboxylic acids is 1. The van der Waals surface area contributed by atoms with Gasteiger partial charge in [0.15, 0.2) is 0 Å². The number of nitrogens with zero attached hydrogens (tertiary/aromatic N) is 1. The van der Waals surface area contributed by atoms with Gasteiger partial charge in [-0.1, -0.05) is 6.07 Å². The Balaban J connectivity index is 1.83. The van der Waals surface area contributed by atoms with E-state index >= 15 is 0 Å². The van der Waals surface area contributed by atoms with Crippen LogP contribution in [0.25, 0.3) is 16.6 Å². The Morgan fingerprint density at radius 3 is 2.57 bits per heavy atom. The van der Waals surface area contributed by atoms with Crippen molar-refractivity contribution in [1.29, 1.82) is 0 Å². The minimum atomic E-state index is -4.89. The molecule has 4 rings (SSSR count). The van der Waals surface area contributed by atoms with Crippen molar-refractivity contribution in [3.05, 3.63) is 53.7 Å². The summed E-state index contributed by atoms with van der Waals surface area (Å²) >= 11 is 0. The third-order valence-corrected chi connectivity index (χ3v) is 4.78. The van der Waals surface area contributed by atoms with Gasteiger partial charge in [-0.25, -0.2) is 4.79 Å². The van der Waals surface area contributed by atoms with Crippen LogP contribution in [-0.4, -0.2) is 39.7 Å². The van der Waals surface area contributed by atoms with Crippen LogP contribution in [0, 0.1) is 0 Å². The Morgan fingerprint density at radius 2 is 1.90 bits per heavy atom. The lowest BCUT2D eigenvalue weighted by molar-refractivity contribution is -0.274. The second-order valence-corrected chi connectivity index (χ2v) is 6.77. The van der Waals surface area contributed by atoms with E-state index in [1.54, 1.807) is 18.2 Å². The smallest absolute Gasteiger partial charge is 0.493 e. The molecular formula is C20H14F3NO6. The first-order valence-electron chi connectivity index (χ1n) is 8.76. The fraction of sp³-hybridized carbons (Fsp3) is 0.200. The van der Waals surface area contributed by atoms with Crippen molar-refractivity contribution in [2.24, 2.45) is 0 Å². The Labute approximate surface area is 166 Å². The molecule has 0 fully saturated rings. The fourth-order valence-corrected chi connectivity index (χ4v) is 3.60. The van der Waals surface area contributed by atoms with Gasteiger partial charge >= 0.3 is 18.3 Å². The second-order valence-electron chi connectivity index (χ2n) is 6.77. The zero-order chi connectivity index (χ0) is 21.6. The topological polar surface area (TPSA) is 98.0 Å². The molecule has 0 saturated carbocycles. The van der Waals surface area contributed by atoms with Crippen LogP contribution >= 0.6 is 0 Å². The summed E-state index contributed by atoms with van der Waals surface area (Å²) in [7, 11) is 0. The maximum absolute atomic E-state index is 12.6. The molecule has 1 aliphatic rings. The number of carbonyl (C=O) groups is 2. The highest BCUT2D eigenvalue weighted by Crippen LogP contribution is 2.39. The van der Waals surface area contributed by atoms with Crippen molar-refractivity contribution in [3.63, 3.8) is 0 Å². The standard InChI is InChI=1S/C20H14F3NO6/c21-20(22,23)30-13-3-1-10-5-16(19(27)28)24(15(10)8-13)12-2-4-14-11(6-18(25)26)9-29-17(14)7-12/h1-5,7-8,11H,6,9H2,(H,25,26)(H,27,28). The largest absolute Gasteiger partial charge is 0.573 e. The summed E-state index contributed by atoms with van der Waals surface area (Å²) in [6.07, 6.45) is -5.00. The maximum atomic E-state index is 12.6. The van der Waals surface area contributed by atoms with Crippen molar-refractivity contribution < 1.29 is 42.4 Å². The third kappa shape index (κ3) is 3.63. The molecule has 7 nitrogen and oxygen atoms in total. The van der Waals surface area contributed by atoms with Gasteiger partial charge in [0, 0.05) is 29.0 Å². The maximum Gasteiger partial charge on any atom is 0.573 e. The molecule has 10 heteroatoms. The van der Waals surface area contributed by atoms with E-state index in [-0.39, 0.29) is 30.2 Å². The number of ether oxygens (including phenoxy) is 2. The van der Waals surface area contributed by atoms with Gasteiger partial charge in [0.05, 0.1) is 24.2 Å². The number of carboxylic acids is 2. The van der Waals surface area contributed by atoms with E-state index in [9.17, 15) is 27.9 Å². The lowest BCUT2D eigenvalue weighted by Crippen LogP contribution is -2.17. The van der Waals surface area contributed by atoms with Gasteiger partial charge in [-0.15, -0.1) is 13.2 Å². The molecule has 0 spiro atoms. The van der Waals surface area contributed by atoms with Gasteiger partial charge in [0.2, 0.25) is 0 Å². The van der Waals surface area contributed by atoms with Crippen LogP contribution in [0.4, 0.5) is 13.2 Å². The monoisotopic (exact) mass is 421 g/mol. The van der Waals surface area contributed by atoms with E-state index in [4.69, 9.17) is 9.84 Å². The number of fused-ring (bicyclic) bond motifs is 2. The van der Waals surface area contributed by atoms with Crippen LogP contribution in [-0.2, 0) is 4.79 Å². The van der Waals surface area contributed by atoms with Crippen LogP contribution < -0.4 is 9.47 Å². The molecule has 1 aromatic heterocycles. The Bertz CT molecular complexity index is 1170. The first kappa shape index (κ1) is 19.6. The molecule has 2 N–H and O–H groups in total. The molecular weight excluding hydrogens is 407 g/mol. The predicted octanol–water partition coefficient (Wildman–Crippen LogP) is 4.18. The van der Waals surface area contributed by atoms with Gasteiger partial charge in [0.1, 0.15) is 17.2 Å². The summed E-state index contributed by atoms with van der Waals surface area (Å²) in [6.45, 7) is 0.173. The van der Waals surface area contributed by atoms with Crippen LogP contribution in [0.5, 0.6) is 11.5 Å². The molecule has 0 saturated heterocycles. The van der Waals surface area contributed by atoms with Crippen LogP contribution in [0.2, 0.25) is 0 Å². The highest BCUT2D eigenvalue weighted by atomic mass is 19.4. The summed E-state index contributed by atoms with van der Waals surface area (Å²) < 4.78 is 48.6. The highest BCUT2D eigenvalue weighted by molar-refractivity contribution is 5.96. The number of hydrogen-bond donors (Lipinski definition) is 2. The molecule has 3 aromatic rings. The molecule has 2 heterocycles. The minimum Gasteiger partial charge on any atom is -0.493 e.